The van der Waals surface area contributed by atoms with Gasteiger partial charge in [-0.1, -0.05) is 0 Å². The van der Waals surface area contributed by atoms with E-state index in [1.54, 1.807) is 0 Å². The van der Waals surface area contributed by atoms with Crippen molar-refractivity contribution in [3.63, 3.8) is 0 Å². The third-order valence-electron chi connectivity index (χ3n) is 1.64. The monoisotopic (exact) mass is 147 g/mol. The molecule has 54 valence electrons. The van der Waals surface area contributed by atoms with Gasteiger partial charge in [-0.05, 0) is 11.9 Å². The second-order valence-corrected chi connectivity index (χ2v) is 2.46. The number of oxazole rings is 1. The minimum Gasteiger partial charge on any atom is -0.435 e. The largest absolute Gasteiger partial charge is 0.435 e. The highest BCUT2D eigenvalue weighted by Crippen LogP contribution is 2.13. The summed E-state index contributed by atoms with van der Waals surface area (Å²) in [5.74, 6) is 0. The molecule has 2 rings (SSSR count). The Morgan fingerprint density at radius 2 is 2.36 bits per heavy atom. The molecule has 0 spiro atoms. The molecular weight excluding hydrogens is 140 g/mol. The maximum Gasteiger partial charge on any atom is 0.358 e. The van der Waals surface area contributed by atoms with Crippen LogP contribution in [-0.2, 0) is 0 Å². The summed E-state index contributed by atoms with van der Waals surface area (Å²) in [4.78, 5) is 8.06. The van der Waals surface area contributed by atoms with Crippen molar-refractivity contribution >= 4 is 11.1 Å². The van der Waals surface area contributed by atoms with Gasteiger partial charge in [0.2, 0.25) is 5.58 Å². The minimum atomic E-state index is 0.765. The summed E-state index contributed by atoms with van der Waals surface area (Å²) < 4.78 is 5.14. The lowest BCUT2D eigenvalue weighted by molar-refractivity contribution is -0.303. The van der Waals surface area contributed by atoms with E-state index in [9.17, 15) is 0 Å². The van der Waals surface area contributed by atoms with Crippen molar-refractivity contribution in [3.05, 3.63) is 23.8 Å². The number of aromatic nitrogens is 2. The van der Waals surface area contributed by atoms with Crippen LogP contribution in [-0.4, -0.2) is 4.98 Å². The molecule has 0 aliphatic heterocycles. The van der Waals surface area contributed by atoms with E-state index in [1.807, 2.05) is 13.8 Å². The number of hydrogen-bond donors (Lipinski definition) is 0. The van der Waals surface area contributed by atoms with E-state index in [-0.39, 0.29) is 0 Å². The van der Waals surface area contributed by atoms with Gasteiger partial charge < -0.3 is 4.42 Å². The van der Waals surface area contributed by atoms with Crippen molar-refractivity contribution in [3.8, 4) is 0 Å². The Morgan fingerprint density at radius 1 is 1.55 bits per heavy atom. The molecule has 0 saturated heterocycles. The molecule has 11 heavy (non-hydrogen) atoms. The highest BCUT2D eigenvalue weighted by atomic mass is 16.3. The van der Waals surface area contributed by atoms with E-state index in [0.29, 0.717) is 0 Å². The smallest absolute Gasteiger partial charge is 0.358 e. The van der Waals surface area contributed by atoms with E-state index in [0.717, 1.165) is 22.4 Å². The lowest BCUT2D eigenvalue weighted by Gasteiger charge is -1.79. The van der Waals surface area contributed by atoms with Gasteiger partial charge in [0.25, 0.3) is 0 Å². The number of hydrogen-bond acceptors (Lipinski definition) is 2. The lowest BCUT2D eigenvalue weighted by atomic mass is 10.2. The molecule has 0 bridgehead atoms. The van der Waals surface area contributed by atoms with E-state index in [1.165, 1.54) is 6.39 Å². The predicted octanol–water partition coefficient (Wildman–Crippen LogP) is 0.845. The van der Waals surface area contributed by atoms with Gasteiger partial charge in [0.15, 0.2) is 6.39 Å². The van der Waals surface area contributed by atoms with E-state index < -0.39 is 0 Å². The minimum absolute atomic E-state index is 0.765. The summed E-state index contributed by atoms with van der Waals surface area (Å²) in [5, 5.41) is 0. The summed E-state index contributed by atoms with van der Waals surface area (Å²) in [6.45, 7) is 3.79. The fourth-order valence-corrected chi connectivity index (χ4v) is 1.04. The van der Waals surface area contributed by atoms with Gasteiger partial charge >= 0.3 is 11.9 Å². The Balaban J connectivity index is 2.96. The predicted molar refractivity (Wildman–Crippen MR) is 37.9 cm³/mol. The van der Waals surface area contributed by atoms with E-state index >= 15 is 0 Å². The van der Waals surface area contributed by atoms with E-state index in [2.05, 4.69) is 16.2 Å². The van der Waals surface area contributed by atoms with Crippen LogP contribution in [0.25, 0.3) is 11.1 Å². The van der Waals surface area contributed by atoms with Crippen molar-refractivity contribution in [1.82, 2.24) is 4.98 Å². The van der Waals surface area contributed by atoms with Crippen LogP contribution >= 0.6 is 0 Å². The summed E-state index contributed by atoms with van der Waals surface area (Å²) in [5.41, 5.74) is 3.39. The Morgan fingerprint density at radius 3 is 3.09 bits per heavy atom. The quantitative estimate of drug-likeness (QED) is 0.554. The highest BCUT2D eigenvalue weighted by molar-refractivity contribution is 5.75. The van der Waals surface area contributed by atoms with Crippen molar-refractivity contribution in [1.29, 1.82) is 0 Å². The molecule has 0 fully saturated rings. The molecule has 0 N–H and O–H groups in total. The molecule has 0 atom stereocenters. The van der Waals surface area contributed by atoms with Crippen LogP contribution in [0.4, 0.5) is 0 Å². The fraction of sp³-hybridized carbons (Fsp3) is 0.250. The summed E-state index contributed by atoms with van der Waals surface area (Å²) in [6, 6.07) is 0. The number of fused-ring (bicyclic) bond motifs is 1. The molecular formula is C8H7N2O+. The second kappa shape index (κ2) is 1.96. The van der Waals surface area contributed by atoms with Crippen molar-refractivity contribution in [2.75, 3.05) is 0 Å². The Hall–Kier alpha value is -1.56. The van der Waals surface area contributed by atoms with Crippen LogP contribution in [0.2, 0.25) is 0 Å². The van der Waals surface area contributed by atoms with Crippen LogP contribution in [0.5, 0.6) is 0 Å². The summed E-state index contributed by atoms with van der Waals surface area (Å²) in [6.07, 6.45) is 4.29. The molecule has 2 aromatic heterocycles. The fourth-order valence-electron chi connectivity index (χ4n) is 1.04. The first kappa shape index (κ1) is 6.17. The maximum absolute atomic E-state index is 5.14. The van der Waals surface area contributed by atoms with Crippen LogP contribution in [0, 0.1) is 20.0 Å². The normalized spacial score (nSPS) is 10.0. The molecule has 0 aliphatic carbocycles. The average Bonchev–Trinajstić information content (AvgIpc) is 2.45. The second-order valence-electron chi connectivity index (χ2n) is 2.46. The van der Waals surface area contributed by atoms with Crippen molar-refractivity contribution in [2.24, 2.45) is 0 Å². The molecule has 0 aliphatic rings. The molecule has 3 heteroatoms. The molecule has 2 aromatic rings. The Labute approximate surface area is 64.1 Å². The Bertz CT molecular complexity index is 356. The van der Waals surface area contributed by atoms with Crippen molar-refractivity contribution < 1.29 is 9.40 Å². The van der Waals surface area contributed by atoms with Gasteiger partial charge in [-0.3, -0.25) is 0 Å². The van der Waals surface area contributed by atoms with Crippen LogP contribution in [0.15, 0.2) is 10.8 Å². The first-order valence-electron chi connectivity index (χ1n) is 3.37. The van der Waals surface area contributed by atoms with Crippen LogP contribution < -0.4 is 4.98 Å². The summed E-state index contributed by atoms with van der Waals surface area (Å²) in [7, 11) is 0. The van der Waals surface area contributed by atoms with Gasteiger partial charge in [-0.15, -0.1) is 0 Å². The van der Waals surface area contributed by atoms with Gasteiger partial charge in [-0.25, -0.2) is 4.98 Å². The molecule has 0 amide bonds. The standard InChI is InChI=1S/C8H7N2O/c1-5-3-9-6(2)8-7(5)10-4-11-8/h4H,1-2H3/q+1. The SMILES string of the molecule is Cc1c#[n+]c(C)c2ocnc12. The van der Waals surface area contributed by atoms with Crippen molar-refractivity contribution in [2.45, 2.75) is 13.8 Å². The van der Waals surface area contributed by atoms with E-state index in [4.69, 9.17) is 4.42 Å². The number of rotatable bonds is 0. The maximum atomic E-state index is 5.14. The van der Waals surface area contributed by atoms with Gasteiger partial charge in [0.05, 0.1) is 0 Å². The molecule has 3 nitrogen and oxygen atoms in total. The molecule has 0 unspecified atom stereocenters. The first-order valence-corrected chi connectivity index (χ1v) is 3.37. The zero-order valence-corrected chi connectivity index (χ0v) is 6.38. The summed E-state index contributed by atoms with van der Waals surface area (Å²) >= 11 is 0. The number of nitrogens with zero attached hydrogens (tertiary/aromatic N) is 2. The molecule has 0 radical (unpaired) electrons. The van der Waals surface area contributed by atoms with Gasteiger partial charge in [0, 0.05) is 6.92 Å². The first-order chi connectivity index (χ1) is 5.29. The molecule has 0 aromatic carbocycles. The Kier molecular flexibility index (Phi) is 1.10. The van der Waals surface area contributed by atoms with Crippen LogP contribution in [0.3, 0.4) is 0 Å². The molecule has 2 heterocycles. The zero-order chi connectivity index (χ0) is 7.84. The zero-order valence-electron chi connectivity index (χ0n) is 6.38. The van der Waals surface area contributed by atoms with Gasteiger partial charge in [-0.2, -0.15) is 0 Å². The molecule has 0 saturated carbocycles. The van der Waals surface area contributed by atoms with Crippen LogP contribution in [0.1, 0.15) is 11.3 Å². The third kappa shape index (κ3) is 0.761. The lowest BCUT2D eigenvalue weighted by Crippen LogP contribution is -1.98. The van der Waals surface area contributed by atoms with Gasteiger partial charge in [0.1, 0.15) is 11.1 Å². The average molecular weight is 147 g/mol. The highest BCUT2D eigenvalue weighted by Gasteiger charge is 2.12. The third-order valence-corrected chi connectivity index (χ3v) is 1.64. The number of aryl methyl sites for hydroxylation is 2. The topological polar surface area (TPSA) is 40.1 Å².